The Kier molecular flexibility index (Phi) is 6.66. The molecule has 0 saturated carbocycles. The van der Waals surface area contributed by atoms with Crippen molar-refractivity contribution in [3.05, 3.63) is 200 Å². The zero-order valence-electron chi connectivity index (χ0n) is 30.4. The molecule has 0 bridgehead atoms. The van der Waals surface area contributed by atoms with E-state index in [1.165, 1.54) is 65.7 Å². The van der Waals surface area contributed by atoms with E-state index in [-0.39, 0.29) is 0 Å². The molecule has 0 fully saturated rings. The number of furan rings is 1. The van der Waals surface area contributed by atoms with Gasteiger partial charge in [-0.05, 0) is 138 Å². The second-order valence-electron chi connectivity index (χ2n) is 14.9. The highest BCUT2D eigenvalue weighted by Crippen LogP contribution is 2.52. The van der Waals surface area contributed by atoms with Gasteiger partial charge in [-0.25, -0.2) is 0 Å². The molecule has 0 aliphatic heterocycles. The average Bonchev–Trinajstić information content (AvgIpc) is 3.65. The third kappa shape index (κ3) is 4.76. The molecular weight excluding hydrogens is 679 g/mol. The SMILES string of the molecule is c1ccc(-c2ccc3cc4c(cc3c2)-c2cc3cc(N(c5cc6ccccc6cc5-c5ccccc5)c5cccc6c5oc5ccccc56)ccc3cc2-4)cc1. The third-order valence-electron chi connectivity index (χ3n) is 11.7. The highest BCUT2D eigenvalue weighted by molar-refractivity contribution is 6.14. The van der Waals surface area contributed by atoms with Gasteiger partial charge >= 0.3 is 0 Å². The summed E-state index contributed by atoms with van der Waals surface area (Å²) in [6, 6.07) is 72.8. The Labute approximate surface area is 324 Å². The Morgan fingerprint density at radius 2 is 0.857 bits per heavy atom. The molecule has 0 spiro atoms. The molecule has 11 aromatic rings. The summed E-state index contributed by atoms with van der Waals surface area (Å²) in [6.07, 6.45) is 0. The number of para-hydroxylation sites is 2. The van der Waals surface area contributed by atoms with Crippen molar-refractivity contribution in [1.29, 1.82) is 0 Å². The normalized spacial score (nSPS) is 11.9. The first-order chi connectivity index (χ1) is 27.7. The summed E-state index contributed by atoms with van der Waals surface area (Å²) in [5, 5.41) is 9.57. The van der Waals surface area contributed by atoms with Crippen molar-refractivity contribution >= 4 is 71.3 Å². The maximum absolute atomic E-state index is 6.74. The van der Waals surface area contributed by atoms with Crippen molar-refractivity contribution in [2.45, 2.75) is 0 Å². The van der Waals surface area contributed by atoms with Gasteiger partial charge in [0.2, 0.25) is 0 Å². The molecule has 10 aromatic carbocycles. The van der Waals surface area contributed by atoms with E-state index in [1.54, 1.807) is 0 Å². The molecule has 2 nitrogen and oxygen atoms in total. The van der Waals surface area contributed by atoms with Crippen LogP contribution in [0.4, 0.5) is 17.1 Å². The van der Waals surface area contributed by atoms with Crippen LogP contribution in [0.5, 0.6) is 0 Å². The van der Waals surface area contributed by atoms with E-state index in [4.69, 9.17) is 4.42 Å². The lowest BCUT2D eigenvalue weighted by molar-refractivity contribution is 0.669. The van der Waals surface area contributed by atoms with Crippen molar-refractivity contribution in [1.82, 2.24) is 0 Å². The lowest BCUT2D eigenvalue weighted by Gasteiger charge is -2.29. The molecule has 1 aliphatic rings. The second kappa shape index (κ2) is 12.0. The molecule has 1 aromatic heterocycles. The molecule has 1 heterocycles. The Morgan fingerprint density at radius 1 is 0.304 bits per heavy atom. The molecule has 0 atom stereocenters. The number of fused-ring (bicyclic) bond motifs is 10. The van der Waals surface area contributed by atoms with E-state index in [0.29, 0.717) is 0 Å². The van der Waals surface area contributed by atoms with Crippen LogP contribution in [0.3, 0.4) is 0 Å². The zero-order valence-corrected chi connectivity index (χ0v) is 30.4. The van der Waals surface area contributed by atoms with Gasteiger partial charge < -0.3 is 9.32 Å². The molecule has 12 rings (SSSR count). The Morgan fingerprint density at radius 3 is 1.61 bits per heavy atom. The summed E-state index contributed by atoms with van der Waals surface area (Å²) >= 11 is 0. The van der Waals surface area contributed by atoms with Gasteiger partial charge in [0.05, 0.1) is 11.4 Å². The largest absolute Gasteiger partial charge is 0.454 e. The number of benzene rings is 10. The summed E-state index contributed by atoms with van der Waals surface area (Å²) in [5.41, 5.74) is 15.0. The first kappa shape index (κ1) is 31.0. The van der Waals surface area contributed by atoms with Crippen LogP contribution in [0.1, 0.15) is 0 Å². The zero-order chi connectivity index (χ0) is 36.7. The van der Waals surface area contributed by atoms with E-state index in [0.717, 1.165) is 50.1 Å². The molecule has 0 N–H and O–H groups in total. The van der Waals surface area contributed by atoms with Crippen molar-refractivity contribution in [2.75, 3.05) is 4.90 Å². The van der Waals surface area contributed by atoms with Crippen LogP contribution in [0.25, 0.3) is 98.8 Å². The van der Waals surface area contributed by atoms with Gasteiger partial charge in [0.15, 0.2) is 5.58 Å². The van der Waals surface area contributed by atoms with Gasteiger partial charge in [-0.3, -0.25) is 0 Å². The number of hydrogen-bond donors (Lipinski definition) is 0. The van der Waals surface area contributed by atoms with Gasteiger partial charge in [-0.1, -0.05) is 133 Å². The fourth-order valence-electron chi connectivity index (χ4n) is 8.94. The smallest absolute Gasteiger partial charge is 0.159 e. The Bertz CT molecular complexity index is 3360. The van der Waals surface area contributed by atoms with E-state index < -0.39 is 0 Å². The monoisotopic (exact) mass is 711 g/mol. The minimum Gasteiger partial charge on any atom is -0.454 e. The lowest BCUT2D eigenvalue weighted by atomic mass is 9.77. The molecule has 260 valence electrons. The van der Waals surface area contributed by atoms with Crippen LogP contribution in [0.15, 0.2) is 205 Å². The summed E-state index contributed by atoms with van der Waals surface area (Å²) in [6.45, 7) is 0. The van der Waals surface area contributed by atoms with Crippen LogP contribution in [0.2, 0.25) is 0 Å². The van der Waals surface area contributed by atoms with Crippen LogP contribution in [0, 0.1) is 0 Å². The molecular formula is C54H33NO. The molecule has 0 saturated heterocycles. The van der Waals surface area contributed by atoms with E-state index in [9.17, 15) is 0 Å². The highest BCUT2D eigenvalue weighted by Gasteiger charge is 2.26. The van der Waals surface area contributed by atoms with Gasteiger partial charge in [0.25, 0.3) is 0 Å². The predicted octanol–water partition coefficient (Wildman–Crippen LogP) is 15.5. The Hall–Kier alpha value is -7.42. The quantitative estimate of drug-likeness (QED) is 0.177. The van der Waals surface area contributed by atoms with E-state index >= 15 is 0 Å². The number of nitrogens with zero attached hydrogens (tertiary/aromatic N) is 1. The number of hydrogen-bond acceptors (Lipinski definition) is 2. The van der Waals surface area contributed by atoms with E-state index in [2.05, 4.69) is 199 Å². The summed E-state index contributed by atoms with van der Waals surface area (Å²) in [5.74, 6) is 0. The van der Waals surface area contributed by atoms with Gasteiger partial charge in [-0.15, -0.1) is 0 Å². The van der Waals surface area contributed by atoms with E-state index in [1.807, 2.05) is 6.07 Å². The predicted molar refractivity (Wildman–Crippen MR) is 236 cm³/mol. The highest BCUT2D eigenvalue weighted by atomic mass is 16.3. The number of anilines is 3. The van der Waals surface area contributed by atoms with Crippen molar-refractivity contribution in [3.8, 4) is 44.5 Å². The van der Waals surface area contributed by atoms with Crippen molar-refractivity contribution in [3.63, 3.8) is 0 Å². The molecule has 56 heavy (non-hydrogen) atoms. The van der Waals surface area contributed by atoms with Crippen LogP contribution >= 0.6 is 0 Å². The molecule has 2 heteroatoms. The summed E-state index contributed by atoms with van der Waals surface area (Å²) in [4.78, 5) is 2.41. The fourth-order valence-corrected chi connectivity index (χ4v) is 8.94. The van der Waals surface area contributed by atoms with Gasteiger partial charge in [-0.2, -0.15) is 0 Å². The number of rotatable bonds is 5. The first-order valence-corrected chi connectivity index (χ1v) is 19.2. The lowest BCUT2D eigenvalue weighted by Crippen LogP contribution is -2.12. The second-order valence-corrected chi connectivity index (χ2v) is 14.9. The standard InChI is InChI=1S/C54H33NO/c1-3-12-34(13-4-1)38-22-23-39-29-47-48-30-40-24-25-43(27-42(40)32-50(48)49(47)31-41(39)26-38)55(51-20-11-19-45-44-18-9-10-21-53(44)56-54(45)51)52-33-37-17-8-7-16-36(37)28-46(52)35-14-5-2-6-15-35/h1-33H. The summed E-state index contributed by atoms with van der Waals surface area (Å²) < 4.78 is 6.74. The first-order valence-electron chi connectivity index (χ1n) is 19.2. The molecule has 0 unspecified atom stereocenters. The molecule has 0 radical (unpaired) electrons. The minimum atomic E-state index is 0.869. The maximum Gasteiger partial charge on any atom is 0.159 e. The van der Waals surface area contributed by atoms with Crippen LogP contribution < -0.4 is 4.90 Å². The van der Waals surface area contributed by atoms with Crippen LogP contribution in [-0.4, -0.2) is 0 Å². The Balaban J connectivity index is 1.07. The van der Waals surface area contributed by atoms with Crippen molar-refractivity contribution in [2.24, 2.45) is 0 Å². The molecule has 0 amide bonds. The summed E-state index contributed by atoms with van der Waals surface area (Å²) in [7, 11) is 0. The maximum atomic E-state index is 6.74. The van der Waals surface area contributed by atoms with Crippen LogP contribution in [-0.2, 0) is 0 Å². The van der Waals surface area contributed by atoms with Crippen molar-refractivity contribution < 1.29 is 4.42 Å². The average molecular weight is 712 g/mol. The fraction of sp³-hybridized carbons (Fsp3) is 0. The topological polar surface area (TPSA) is 16.4 Å². The third-order valence-corrected chi connectivity index (χ3v) is 11.7. The minimum absolute atomic E-state index is 0.869. The molecule has 1 aliphatic carbocycles. The van der Waals surface area contributed by atoms with Gasteiger partial charge in [0.1, 0.15) is 5.58 Å². The van der Waals surface area contributed by atoms with Gasteiger partial charge in [0, 0.05) is 22.0 Å².